The molecule has 0 saturated heterocycles. The van der Waals surface area contributed by atoms with Crippen LogP contribution in [0.1, 0.15) is 27.2 Å². The molecular formula is C22H22N4O2. The first-order valence-corrected chi connectivity index (χ1v) is 9.25. The van der Waals surface area contributed by atoms with Crippen molar-refractivity contribution in [3.63, 3.8) is 0 Å². The third-order valence-corrected chi connectivity index (χ3v) is 4.94. The average molecular weight is 374 g/mol. The second kappa shape index (κ2) is 7.68. The Balaban J connectivity index is 1.48. The molecule has 6 heteroatoms. The molecule has 0 bridgehead atoms. The Bertz CT molecular complexity index is 1000. The van der Waals surface area contributed by atoms with Crippen LogP contribution in [0.2, 0.25) is 0 Å². The molecule has 28 heavy (non-hydrogen) atoms. The van der Waals surface area contributed by atoms with E-state index in [1.165, 1.54) is 11.1 Å². The van der Waals surface area contributed by atoms with Crippen LogP contribution >= 0.6 is 0 Å². The summed E-state index contributed by atoms with van der Waals surface area (Å²) in [7, 11) is 1.58. The Morgan fingerprint density at radius 2 is 1.89 bits per heavy atom. The van der Waals surface area contributed by atoms with Crippen LogP contribution < -0.4 is 15.0 Å². The van der Waals surface area contributed by atoms with E-state index in [1.807, 2.05) is 31.2 Å². The maximum Gasteiger partial charge on any atom is 0.276 e. The zero-order valence-corrected chi connectivity index (χ0v) is 16.0. The Hall–Kier alpha value is -3.41. The van der Waals surface area contributed by atoms with Crippen molar-refractivity contribution in [2.45, 2.75) is 19.9 Å². The van der Waals surface area contributed by atoms with Gasteiger partial charge in [0, 0.05) is 13.1 Å². The number of ether oxygens (including phenoxy) is 1. The third-order valence-electron chi connectivity index (χ3n) is 4.94. The lowest BCUT2D eigenvalue weighted by Crippen LogP contribution is -2.31. The normalized spacial score (nSPS) is 13.0. The topological polar surface area (TPSA) is 67.3 Å². The van der Waals surface area contributed by atoms with E-state index in [9.17, 15) is 4.79 Å². The highest BCUT2D eigenvalue weighted by Gasteiger charge is 2.18. The van der Waals surface area contributed by atoms with Gasteiger partial charge >= 0.3 is 0 Å². The summed E-state index contributed by atoms with van der Waals surface area (Å²) < 4.78 is 5.31. The fourth-order valence-electron chi connectivity index (χ4n) is 3.41. The Kier molecular flexibility index (Phi) is 4.93. The number of rotatable bonds is 4. The van der Waals surface area contributed by atoms with Gasteiger partial charge in [0.2, 0.25) is 0 Å². The lowest BCUT2D eigenvalue weighted by Gasteiger charge is -2.29. The number of carbonyl (C=O) groups is 1. The molecule has 1 N–H and O–H groups in total. The summed E-state index contributed by atoms with van der Waals surface area (Å²) in [5.74, 6) is 1.07. The molecule has 0 unspecified atom stereocenters. The van der Waals surface area contributed by atoms with Gasteiger partial charge in [-0.1, -0.05) is 30.3 Å². The molecule has 6 nitrogen and oxygen atoms in total. The number of amides is 1. The highest BCUT2D eigenvalue weighted by molar-refractivity contribution is 6.03. The summed E-state index contributed by atoms with van der Waals surface area (Å²) in [6, 6.07) is 17.6. The molecule has 4 rings (SSSR count). The van der Waals surface area contributed by atoms with E-state index in [2.05, 4.69) is 44.7 Å². The van der Waals surface area contributed by atoms with Crippen molar-refractivity contribution in [1.29, 1.82) is 0 Å². The van der Waals surface area contributed by atoms with Crippen molar-refractivity contribution in [2.75, 3.05) is 23.9 Å². The minimum atomic E-state index is -0.313. The summed E-state index contributed by atoms with van der Waals surface area (Å²) in [4.78, 5) is 14.7. The SMILES string of the molecule is COc1ccc(C)cc1NC(=O)c1ccc(N2CCc3ccccc3C2)nn1. The fourth-order valence-corrected chi connectivity index (χ4v) is 3.41. The number of nitrogens with one attached hydrogen (secondary N) is 1. The molecule has 1 aliphatic heterocycles. The van der Waals surface area contributed by atoms with E-state index >= 15 is 0 Å². The molecule has 2 aromatic carbocycles. The number of hydrogen-bond acceptors (Lipinski definition) is 5. The molecular weight excluding hydrogens is 352 g/mol. The van der Waals surface area contributed by atoms with Gasteiger partial charge in [-0.15, -0.1) is 10.2 Å². The number of carbonyl (C=O) groups excluding carboxylic acids is 1. The number of fused-ring (bicyclic) bond motifs is 1. The van der Waals surface area contributed by atoms with Gasteiger partial charge in [-0.2, -0.15) is 0 Å². The predicted octanol–water partition coefficient (Wildman–Crippen LogP) is 3.61. The summed E-state index contributed by atoms with van der Waals surface area (Å²) in [6.45, 7) is 3.65. The molecule has 0 aliphatic carbocycles. The van der Waals surface area contributed by atoms with Crippen LogP contribution in [0.3, 0.4) is 0 Å². The lowest BCUT2D eigenvalue weighted by molar-refractivity contribution is 0.102. The van der Waals surface area contributed by atoms with Gasteiger partial charge in [-0.25, -0.2) is 0 Å². The zero-order valence-electron chi connectivity index (χ0n) is 16.0. The van der Waals surface area contributed by atoms with Crippen LogP contribution in [0.25, 0.3) is 0 Å². The van der Waals surface area contributed by atoms with Gasteiger partial charge in [-0.05, 0) is 54.3 Å². The van der Waals surface area contributed by atoms with Crippen molar-refractivity contribution in [3.05, 3.63) is 77.0 Å². The van der Waals surface area contributed by atoms with Crippen molar-refractivity contribution in [2.24, 2.45) is 0 Å². The lowest BCUT2D eigenvalue weighted by atomic mass is 10.00. The first-order chi connectivity index (χ1) is 13.6. The molecule has 1 aliphatic rings. The van der Waals surface area contributed by atoms with Gasteiger partial charge in [0.05, 0.1) is 12.8 Å². The molecule has 1 amide bonds. The first kappa shape index (κ1) is 18.0. The van der Waals surface area contributed by atoms with Crippen LogP contribution in [0, 0.1) is 6.92 Å². The van der Waals surface area contributed by atoms with E-state index < -0.39 is 0 Å². The maximum absolute atomic E-state index is 12.6. The summed E-state index contributed by atoms with van der Waals surface area (Å²) in [5, 5.41) is 11.3. The second-order valence-electron chi connectivity index (χ2n) is 6.87. The van der Waals surface area contributed by atoms with Gasteiger partial charge in [0.1, 0.15) is 5.75 Å². The smallest absolute Gasteiger partial charge is 0.276 e. The van der Waals surface area contributed by atoms with Gasteiger partial charge in [0.15, 0.2) is 11.5 Å². The maximum atomic E-state index is 12.6. The molecule has 1 aromatic heterocycles. The molecule has 2 heterocycles. The van der Waals surface area contributed by atoms with Gasteiger partial charge < -0.3 is 15.0 Å². The highest BCUT2D eigenvalue weighted by atomic mass is 16.5. The Morgan fingerprint density at radius 1 is 1.07 bits per heavy atom. The number of aryl methyl sites for hydroxylation is 1. The predicted molar refractivity (Wildman–Crippen MR) is 109 cm³/mol. The summed E-state index contributed by atoms with van der Waals surface area (Å²) >= 11 is 0. The third kappa shape index (κ3) is 3.67. The standard InChI is InChI=1S/C22H22N4O2/c1-15-7-9-20(28-2)19(13-15)23-22(27)18-8-10-21(25-24-18)26-12-11-16-5-3-4-6-17(16)14-26/h3-10,13H,11-12,14H2,1-2H3,(H,23,27). The van der Waals surface area contributed by atoms with E-state index in [0.717, 1.165) is 30.9 Å². The van der Waals surface area contributed by atoms with Crippen LogP contribution in [-0.2, 0) is 13.0 Å². The van der Waals surface area contributed by atoms with Crippen molar-refractivity contribution in [1.82, 2.24) is 10.2 Å². The van der Waals surface area contributed by atoms with E-state index in [1.54, 1.807) is 13.2 Å². The van der Waals surface area contributed by atoms with Crippen LogP contribution in [-0.4, -0.2) is 29.8 Å². The Labute approximate surface area is 164 Å². The number of anilines is 2. The quantitative estimate of drug-likeness (QED) is 0.756. The van der Waals surface area contributed by atoms with Gasteiger partial charge in [0.25, 0.3) is 5.91 Å². The molecule has 0 fully saturated rings. The second-order valence-corrected chi connectivity index (χ2v) is 6.87. The number of aromatic nitrogens is 2. The minimum Gasteiger partial charge on any atom is -0.495 e. The molecule has 0 saturated carbocycles. The molecule has 0 radical (unpaired) electrons. The van der Waals surface area contributed by atoms with Crippen molar-refractivity contribution in [3.8, 4) is 5.75 Å². The van der Waals surface area contributed by atoms with Crippen LogP contribution in [0.15, 0.2) is 54.6 Å². The van der Waals surface area contributed by atoms with Crippen LogP contribution in [0.5, 0.6) is 5.75 Å². The molecule has 3 aromatic rings. The van der Waals surface area contributed by atoms with Crippen LogP contribution in [0.4, 0.5) is 11.5 Å². The molecule has 0 spiro atoms. The van der Waals surface area contributed by atoms with Crippen molar-refractivity contribution < 1.29 is 9.53 Å². The number of methoxy groups -OCH3 is 1. The summed E-state index contributed by atoms with van der Waals surface area (Å²) in [5.41, 5.74) is 4.61. The average Bonchev–Trinajstić information content (AvgIpc) is 2.73. The van der Waals surface area contributed by atoms with E-state index in [-0.39, 0.29) is 11.6 Å². The minimum absolute atomic E-state index is 0.268. The number of nitrogens with zero attached hydrogens (tertiary/aromatic N) is 3. The van der Waals surface area contributed by atoms with Gasteiger partial charge in [-0.3, -0.25) is 4.79 Å². The van der Waals surface area contributed by atoms with E-state index in [4.69, 9.17) is 4.74 Å². The monoisotopic (exact) mass is 374 g/mol. The first-order valence-electron chi connectivity index (χ1n) is 9.25. The van der Waals surface area contributed by atoms with Crippen molar-refractivity contribution >= 4 is 17.4 Å². The van der Waals surface area contributed by atoms with E-state index in [0.29, 0.717) is 11.4 Å². The zero-order chi connectivity index (χ0) is 19.5. The number of hydrogen-bond donors (Lipinski definition) is 1. The number of benzene rings is 2. The summed E-state index contributed by atoms with van der Waals surface area (Å²) in [6.07, 6.45) is 0.979. The highest BCUT2D eigenvalue weighted by Crippen LogP contribution is 2.26. The fraction of sp³-hybridized carbons (Fsp3) is 0.227. The Morgan fingerprint density at radius 3 is 2.64 bits per heavy atom. The largest absolute Gasteiger partial charge is 0.495 e. The molecule has 0 atom stereocenters. The molecule has 142 valence electrons.